The number of amides is 1. The summed E-state index contributed by atoms with van der Waals surface area (Å²) in [4.78, 5) is 29.4. The molecule has 1 atom stereocenters. The number of nitrogens with one attached hydrogen (secondary N) is 1. The molecule has 3 rings (SSSR count). The van der Waals surface area contributed by atoms with Crippen molar-refractivity contribution < 1.29 is 14.3 Å². The van der Waals surface area contributed by atoms with Crippen LogP contribution < -0.4 is 15.6 Å². The third-order valence-electron chi connectivity index (χ3n) is 5.67. The first kappa shape index (κ1) is 25.5. The number of alkyl carbamates (subject to hydrolysis) is 1. The van der Waals surface area contributed by atoms with E-state index in [2.05, 4.69) is 44.1 Å². The van der Waals surface area contributed by atoms with Gasteiger partial charge in [0.1, 0.15) is 18.0 Å². The molecule has 0 aliphatic rings. The minimum Gasteiger partial charge on any atom is -0.491 e. The van der Waals surface area contributed by atoms with Crippen LogP contribution in [0.4, 0.5) is 4.79 Å². The molecule has 0 fully saturated rings. The fourth-order valence-electron chi connectivity index (χ4n) is 4.15. The Labute approximate surface area is 201 Å². The average Bonchev–Trinajstić information content (AvgIpc) is 2.73. The van der Waals surface area contributed by atoms with Gasteiger partial charge in [-0.3, -0.25) is 9.78 Å². The van der Waals surface area contributed by atoms with Crippen molar-refractivity contribution in [2.45, 2.75) is 72.4 Å². The van der Waals surface area contributed by atoms with Gasteiger partial charge < -0.3 is 19.4 Å². The molecule has 2 aromatic heterocycles. The Bertz CT molecular complexity index is 1240. The van der Waals surface area contributed by atoms with E-state index in [4.69, 9.17) is 9.47 Å². The Kier molecular flexibility index (Phi) is 7.54. The molecule has 7 nitrogen and oxygen atoms in total. The maximum absolute atomic E-state index is 12.9. The summed E-state index contributed by atoms with van der Waals surface area (Å²) in [5, 5.41) is 5.42. The molecule has 184 valence electrons. The second-order valence-corrected chi connectivity index (χ2v) is 10.6. The highest BCUT2D eigenvalue weighted by atomic mass is 16.6. The number of carbonyl (C=O) groups excluding carboxylic acids is 1. The second kappa shape index (κ2) is 10.0. The predicted molar refractivity (Wildman–Crippen MR) is 137 cm³/mol. The van der Waals surface area contributed by atoms with Crippen molar-refractivity contribution in [3.05, 3.63) is 46.5 Å². The Hall–Kier alpha value is -3.09. The average molecular weight is 468 g/mol. The molecule has 0 bridgehead atoms. The van der Waals surface area contributed by atoms with Crippen LogP contribution in [-0.2, 0) is 11.8 Å². The van der Waals surface area contributed by atoms with Crippen LogP contribution in [-0.4, -0.2) is 33.9 Å². The third kappa shape index (κ3) is 5.88. The number of aryl methyl sites for hydroxylation is 1. The van der Waals surface area contributed by atoms with Crippen LogP contribution in [0.25, 0.3) is 21.7 Å². The largest absolute Gasteiger partial charge is 0.491 e. The highest BCUT2D eigenvalue weighted by Gasteiger charge is 2.22. The maximum atomic E-state index is 12.9. The summed E-state index contributed by atoms with van der Waals surface area (Å²) in [5.74, 6) is 1.28. The lowest BCUT2D eigenvalue weighted by atomic mass is 9.97. The topological polar surface area (TPSA) is 82.5 Å². The molecule has 34 heavy (non-hydrogen) atoms. The standard InChI is InChI=1S/C27H37N3O4/c1-16(2)11-18(29-26(32)34-27(5,6)7)15-33-24-13-23-21(12-20(24)17(3)4)19-9-10-28-14-22(19)25(31)30(23)8/h9-10,12-14,16-18H,11,15H2,1-8H3,(H,29,32)/t18-/m0/s1. The van der Waals surface area contributed by atoms with Gasteiger partial charge in [-0.2, -0.15) is 0 Å². The first-order valence-electron chi connectivity index (χ1n) is 11.9. The molecule has 1 aromatic carbocycles. The van der Waals surface area contributed by atoms with Gasteiger partial charge in [0, 0.05) is 30.9 Å². The van der Waals surface area contributed by atoms with Gasteiger partial charge in [0.25, 0.3) is 5.56 Å². The normalized spacial score (nSPS) is 13.0. The summed E-state index contributed by atoms with van der Waals surface area (Å²) in [5.41, 5.74) is 1.18. The molecule has 0 saturated carbocycles. The summed E-state index contributed by atoms with van der Waals surface area (Å²) in [6.45, 7) is 14.3. The van der Waals surface area contributed by atoms with E-state index in [0.29, 0.717) is 23.7 Å². The van der Waals surface area contributed by atoms with Crippen molar-refractivity contribution >= 4 is 27.8 Å². The Balaban J connectivity index is 1.98. The van der Waals surface area contributed by atoms with E-state index in [1.807, 2.05) is 32.9 Å². The molecule has 3 aromatic rings. The number of benzene rings is 1. The summed E-state index contributed by atoms with van der Waals surface area (Å²) in [6.07, 6.45) is 3.63. The Morgan fingerprint density at radius 2 is 1.82 bits per heavy atom. The highest BCUT2D eigenvalue weighted by Crippen LogP contribution is 2.34. The van der Waals surface area contributed by atoms with Crippen LogP contribution in [0.5, 0.6) is 5.75 Å². The van der Waals surface area contributed by atoms with E-state index in [0.717, 1.165) is 28.3 Å². The molecule has 0 aliphatic carbocycles. The zero-order valence-corrected chi connectivity index (χ0v) is 21.6. The number of hydrogen-bond donors (Lipinski definition) is 1. The zero-order valence-electron chi connectivity index (χ0n) is 21.6. The molecule has 0 radical (unpaired) electrons. The molecule has 0 spiro atoms. The van der Waals surface area contributed by atoms with Crippen molar-refractivity contribution in [2.75, 3.05) is 6.61 Å². The maximum Gasteiger partial charge on any atom is 0.407 e. The Morgan fingerprint density at radius 1 is 1.12 bits per heavy atom. The zero-order chi connectivity index (χ0) is 25.2. The lowest BCUT2D eigenvalue weighted by molar-refractivity contribution is 0.0480. The fraction of sp³-hybridized carbons (Fsp3) is 0.519. The molecule has 0 aliphatic heterocycles. The van der Waals surface area contributed by atoms with Gasteiger partial charge in [0.05, 0.1) is 16.9 Å². The molecule has 2 heterocycles. The molecule has 1 amide bonds. The predicted octanol–water partition coefficient (Wildman–Crippen LogP) is 5.53. The van der Waals surface area contributed by atoms with Crippen LogP contribution >= 0.6 is 0 Å². The number of aromatic nitrogens is 2. The van der Waals surface area contributed by atoms with Gasteiger partial charge >= 0.3 is 6.09 Å². The van der Waals surface area contributed by atoms with Crippen molar-refractivity contribution in [3.8, 4) is 5.75 Å². The number of rotatable bonds is 7. The second-order valence-electron chi connectivity index (χ2n) is 10.6. The number of hydrogen-bond acceptors (Lipinski definition) is 5. The van der Waals surface area contributed by atoms with Crippen LogP contribution in [0.2, 0.25) is 0 Å². The molecular weight excluding hydrogens is 430 g/mol. The first-order valence-corrected chi connectivity index (χ1v) is 11.9. The molecule has 1 N–H and O–H groups in total. The SMILES string of the molecule is CC(C)C[C@@H](COc1cc2c(cc1C(C)C)c1ccncc1c(=O)n2C)NC(=O)OC(C)(C)C. The van der Waals surface area contributed by atoms with E-state index in [-0.39, 0.29) is 17.5 Å². The van der Waals surface area contributed by atoms with Crippen LogP contribution in [0.1, 0.15) is 66.4 Å². The number of ether oxygens (including phenoxy) is 2. The monoisotopic (exact) mass is 467 g/mol. The smallest absolute Gasteiger partial charge is 0.407 e. The van der Waals surface area contributed by atoms with Gasteiger partial charge in [0.15, 0.2) is 0 Å². The van der Waals surface area contributed by atoms with Crippen LogP contribution in [0.15, 0.2) is 35.4 Å². The van der Waals surface area contributed by atoms with E-state index >= 15 is 0 Å². The summed E-state index contributed by atoms with van der Waals surface area (Å²) in [7, 11) is 1.77. The van der Waals surface area contributed by atoms with Gasteiger partial charge in [-0.25, -0.2) is 4.79 Å². The lowest BCUT2D eigenvalue weighted by Crippen LogP contribution is -2.42. The van der Waals surface area contributed by atoms with E-state index in [1.54, 1.807) is 24.0 Å². The van der Waals surface area contributed by atoms with Gasteiger partial charge in [-0.05, 0) is 62.1 Å². The van der Waals surface area contributed by atoms with Crippen LogP contribution in [0, 0.1) is 5.92 Å². The van der Waals surface area contributed by atoms with Gasteiger partial charge in [-0.1, -0.05) is 27.7 Å². The highest BCUT2D eigenvalue weighted by molar-refractivity contribution is 6.06. The van der Waals surface area contributed by atoms with Crippen molar-refractivity contribution in [1.29, 1.82) is 0 Å². The minimum atomic E-state index is -0.570. The fourth-order valence-corrected chi connectivity index (χ4v) is 4.15. The van der Waals surface area contributed by atoms with E-state index in [9.17, 15) is 9.59 Å². The quantitative estimate of drug-likeness (QED) is 0.462. The summed E-state index contributed by atoms with van der Waals surface area (Å²) in [6, 6.07) is 5.71. The molecule has 7 heteroatoms. The number of carbonyl (C=O) groups is 1. The van der Waals surface area contributed by atoms with Crippen molar-refractivity contribution in [1.82, 2.24) is 14.9 Å². The van der Waals surface area contributed by atoms with Gasteiger partial charge in [0.2, 0.25) is 0 Å². The van der Waals surface area contributed by atoms with Gasteiger partial charge in [-0.15, -0.1) is 0 Å². The number of nitrogens with zero attached hydrogens (tertiary/aromatic N) is 2. The molecule has 0 saturated heterocycles. The number of fused-ring (bicyclic) bond motifs is 3. The van der Waals surface area contributed by atoms with Crippen molar-refractivity contribution in [3.63, 3.8) is 0 Å². The van der Waals surface area contributed by atoms with E-state index < -0.39 is 11.7 Å². The van der Waals surface area contributed by atoms with Crippen LogP contribution in [0.3, 0.4) is 0 Å². The van der Waals surface area contributed by atoms with E-state index in [1.165, 1.54) is 0 Å². The number of pyridine rings is 2. The third-order valence-corrected chi connectivity index (χ3v) is 5.67. The minimum absolute atomic E-state index is 0.0943. The summed E-state index contributed by atoms with van der Waals surface area (Å²) < 4.78 is 13.4. The lowest BCUT2D eigenvalue weighted by Gasteiger charge is -2.25. The first-order chi connectivity index (χ1) is 15.9. The van der Waals surface area contributed by atoms with Crippen molar-refractivity contribution in [2.24, 2.45) is 13.0 Å². The Morgan fingerprint density at radius 3 is 2.44 bits per heavy atom. The molecule has 0 unspecified atom stereocenters. The molecular formula is C27H37N3O4. The summed E-state index contributed by atoms with van der Waals surface area (Å²) >= 11 is 0.